The predicted molar refractivity (Wildman–Crippen MR) is 63.6 cm³/mol. The van der Waals surface area contributed by atoms with Gasteiger partial charge in [0, 0.05) is 6.54 Å². The summed E-state index contributed by atoms with van der Waals surface area (Å²) in [5, 5.41) is 3.42. The highest BCUT2D eigenvalue weighted by atomic mass is 14.9. The van der Waals surface area contributed by atoms with Crippen LogP contribution in [0.4, 0.5) is 11.5 Å². The summed E-state index contributed by atoms with van der Waals surface area (Å²) < 4.78 is 0. The van der Waals surface area contributed by atoms with Crippen LogP contribution in [0.2, 0.25) is 0 Å². The van der Waals surface area contributed by atoms with E-state index in [0.717, 1.165) is 24.1 Å². The van der Waals surface area contributed by atoms with E-state index in [1.54, 1.807) is 6.20 Å². The predicted octanol–water partition coefficient (Wildman–Crippen LogP) is 2.51. The Balaban J connectivity index is 1.80. The molecule has 15 heavy (non-hydrogen) atoms. The van der Waals surface area contributed by atoms with Crippen molar-refractivity contribution < 1.29 is 0 Å². The van der Waals surface area contributed by atoms with Crippen LogP contribution >= 0.6 is 0 Å². The van der Waals surface area contributed by atoms with Gasteiger partial charge in [-0.15, -0.1) is 0 Å². The molecule has 1 fully saturated rings. The lowest BCUT2D eigenvalue weighted by Gasteiger charge is -2.11. The van der Waals surface area contributed by atoms with Gasteiger partial charge in [0.1, 0.15) is 5.82 Å². The van der Waals surface area contributed by atoms with Crippen LogP contribution in [0.15, 0.2) is 18.3 Å². The Labute approximate surface area is 91.1 Å². The molecule has 0 aliphatic heterocycles. The molecule has 1 heterocycles. The highest BCUT2D eigenvalue weighted by molar-refractivity contribution is 5.45. The van der Waals surface area contributed by atoms with E-state index in [1.807, 2.05) is 12.1 Å². The second-order valence-corrected chi connectivity index (χ2v) is 4.64. The van der Waals surface area contributed by atoms with Gasteiger partial charge in [-0.3, -0.25) is 0 Å². The average molecular weight is 205 g/mol. The van der Waals surface area contributed by atoms with Gasteiger partial charge in [0.15, 0.2) is 0 Å². The van der Waals surface area contributed by atoms with E-state index in [9.17, 15) is 0 Å². The van der Waals surface area contributed by atoms with Crippen molar-refractivity contribution in [2.45, 2.75) is 26.2 Å². The second-order valence-electron chi connectivity index (χ2n) is 4.64. The number of nitrogens with one attached hydrogen (secondary N) is 1. The summed E-state index contributed by atoms with van der Waals surface area (Å²) in [6, 6.07) is 3.82. The van der Waals surface area contributed by atoms with E-state index in [4.69, 9.17) is 5.73 Å². The van der Waals surface area contributed by atoms with Gasteiger partial charge < -0.3 is 11.1 Å². The maximum atomic E-state index is 5.52. The first-order valence-electron chi connectivity index (χ1n) is 5.69. The molecule has 0 amide bonds. The summed E-state index contributed by atoms with van der Waals surface area (Å²) in [7, 11) is 0. The molecule has 1 aromatic heterocycles. The molecule has 3 nitrogen and oxygen atoms in total. The van der Waals surface area contributed by atoms with Gasteiger partial charge in [-0.05, 0) is 36.8 Å². The standard InChI is InChI=1S/C12H19N3/c1-9-2-3-10(6-9)7-14-11-4-5-12(13)15-8-11/h4-5,8-10,14H,2-3,6-7H2,1H3,(H2,13,15). The first-order chi connectivity index (χ1) is 7.24. The number of hydrogen-bond donors (Lipinski definition) is 2. The van der Waals surface area contributed by atoms with Crippen molar-refractivity contribution in [3.63, 3.8) is 0 Å². The number of rotatable bonds is 3. The molecule has 0 radical (unpaired) electrons. The van der Waals surface area contributed by atoms with Crippen LogP contribution in [0.5, 0.6) is 0 Å². The molecule has 0 aromatic carbocycles. The summed E-state index contributed by atoms with van der Waals surface area (Å²) in [5.41, 5.74) is 6.60. The Morgan fingerprint density at radius 1 is 1.47 bits per heavy atom. The van der Waals surface area contributed by atoms with Crippen LogP contribution in [0.25, 0.3) is 0 Å². The van der Waals surface area contributed by atoms with E-state index in [-0.39, 0.29) is 0 Å². The maximum absolute atomic E-state index is 5.52. The molecule has 1 aliphatic carbocycles. The third-order valence-electron chi connectivity index (χ3n) is 3.18. The Kier molecular flexibility index (Phi) is 3.09. The Bertz CT molecular complexity index is 307. The van der Waals surface area contributed by atoms with Crippen LogP contribution in [-0.4, -0.2) is 11.5 Å². The topological polar surface area (TPSA) is 50.9 Å². The first kappa shape index (κ1) is 10.3. The molecular weight excluding hydrogens is 186 g/mol. The number of nitrogens with zero attached hydrogens (tertiary/aromatic N) is 1. The summed E-state index contributed by atoms with van der Waals surface area (Å²) in [6.45, 7) is 3.40. The van der Waals surface area contributed by atoms with E-state index in [1.165, 1.54) is 19.3 Å². The molecule has 2 atom stereocenters. The van der Waals surface area contributed by atoms with Gasteiger partial charge in [0.2, 0.25) is 0 Å². The largest absolute Gasteiger partial charge is 0.384 e. The highest BCUT2D eigenvalue weighted by Gasteiger charge is 2.20. The van der Waals surface area contributed by atoms with Gasteiger partial charge >= 0.3 is 0 Å². The molecule has 3 N–H and O–H groups in total. The van der Waals surface area contributed by atoms with Crippen LogP contribution in [-0.2, 0) is 0 Å². The quantitative estimate of drug-likeness (QED) is 0.797. The van der Waals surface area contributed by atoms with E-state index >= 15 is 0 Å². The molecular formula is C12H19N3. The van der Waals surface area contributed by atoms with E-state index in [0.29, 0.717) is 5.82 Å². The molecule has 2 rings (SSSR count). The number of nitrogens with two attached hydrogens (primary N) is 1. The number of pyridine rings is 1. The fraction of sp³-hybridized carbons (Fsp3) is 0.583. The molecule has 1 aromatic rings. The van der Waals surface area contributed by atoms with Crippen LogP contribution in [0.1, 0.15) is 26.2 Å². The lowest BCUT2D eigenvalue weighted by Crippen LogP contribution is -2.11. The van der Waals surface area contributed by atoms with Gasteiger partial charge in [0.25, 0.3) is 0 Å². The van der Waals surface area contributed by atoms with Crippen molar-refractivity contribution in [2.24, 2.45) is 11.8 Å². The fourth-order valence-corrected chi connectivity index (χ4v) is 2.28. The zero-order chi connectivity index (χ0) is 10.7. The lowest BCUT2D eigenvalue weighted by atomic mass is 10.1. The minimum absolute atomic E-state index is 0.579. The van der Waals surface area contributed by atoms with Crippen molar-refractivity contribution >= 4 is 11.5 Å². The fourth-order valence-electron chi connectivity index (χ4n) is 2.28. The van der Waals surface area contributed by atoms with Crippen LogP contribution in [0.3, 0.4) is 0 Å². The number of nitrogen functional groups attached to an aromatic ring is 1. The number of anilines is 2. The normalized spacial score (nSPS) is 25.4. The maximum Gasteiger partial charge on any atom is 0.123 e. The third kappa shape index (κ3) is 2.85. The summed E-state index contributed by atoms with van der Waals surface area (Å²) >= 11 is 0. The second kappa shape index (κ2) is 4.51. The van der Waals surface area contributed by atoms with Crippen molar-refractivity contribution in [1.82, 2.24) is 4.98 Å². The SMILES string of the molecule is CC1CCC(CNc2ccc(N)nc2)C1. The summed E-state index contributed by atoms with van der Waals surface area (Å²) in [5.74, 6) is 2.31. The molecule has 82 valence electrons. The van der Waals surface area contributed by atoms with Crippen molar-refractivity contribution in [2.75, 3.05) is 17.6 Å². The zero-order valence-corrected chi connectivity index (χ0v) is 9.24. The summed E-state index contributed by atoms with van der Waals surface area (Å²) in [4.78, 5) is 4.05. The minimum Gasteiger partial charge on any atom is -0.384 e. The van der Waals surface area contributed by atoms with E-state index in [2.05, 4.69) is 17.2 Å². The molecule has 0 saturated heterocycles. The number of aromatic nitrogens is 1. The average Bonchev–Trinajstić information content (AvgIpc) is 2.64. The Morgan fingerprint density at radius 2 is 2.33 bits per heavy atom. The van der Waals surface area contributed by atoms with Gasteiger partial charge in [-0.1, -0.05) is 13.3 Å². The molecule has 3 heteroatoms. The van der Waals surface area contributed by atoms with Crippen LogP contribution in [0, 0.1) is 11.8 Å². The smallest absolute Gasteiger partial charge is 0.123 e. The molecule has 2 unspecified atom stereocenters. The van der Waals surface area contributed by atoms with Crippen LogP contribution < -0.4 is 11.1 Å². The van der Waals surface area contributed by atoms with Crippen molar-refractivity contribution in [3.05, 3.63) is 18.3 Å². The van der Waals surface area contributed by atoms with Crippen molar-refractivity contribution in [1.29, 1.82) is 0 Å². The Hall–Kier alpha value is -1.25. The molecule has 0 bridgehead atoms. The number of hydrogen-bond acceptors (Lipinski definition) is 3. The highest BCUT2D eigenvalue weighted by Crippen LogP contribution is 2.30. The zero-order valence-electron chi connectivity index (χ0n) is 9.24. The van der Waals surface area contributed by atoms with E-state index < -0.39 is 0 Å². The van der Waals surface area contributed by atoms with Gasteiger partial charge in [-0.2, -0.15) is 0 Å². The Morgan fingerprint density at radius 3 is 2.93 bits per heavy atom. The molecule has 1 saturated carbocycles. The minimum atomic E-state index is 0.579. The molecule has 1 aliphatic rings. The summed E-state index contributed by atoms with van der Waals surface area (Å²) in [6.07, 6.45) is 5.89. The monoisotopic (exact) mass is 205 g/mol. The van der Waals surface area contributed by atoms with Crippen molar-refractivity contribution in [3.8, 4) is 0 Å². The third-order valence-corrected chi connectivity index (χ3v) is 3.18. The van der Waals surface area contributed by atoms with Gasteiger partial charge in [-0.25, -0.2) is 4.98 Å². The molecule has 0 spiro atoms. The first-order valence-corrected chi connectivity index (χ1v) is 5.69. The lowest BCUT2D eigenvalue weighted by molar-refractivity contribution is 0.537. The van der Waals surface area contributed by atoms with Gasteiger partial charge in [0.05, 0.1) is 11.9 Å².